The number of sulfonamides is 1. The fourth-order valence-corrected chi connectivity index (χ4v) is 7.63. The number of halogens is 1. The lowest BCUT2D eigenvalue weighted by Crippen LogP contribution is -2.40. The number of benzene rings is 2. The number of rotatable bonds is 7. The third kappa shape index (κ3) is 5.12. The summed E-state index contributed by atoms with van der Waals surface area (Å²) >= 11 is 1.32. The smallest absolute Gasteiger partial charge is 0.240 e. The first-order valence-electron chi connectivity index (χ1n) is 13.3. The quantitative estimate of drug-likeness (QED) is 0.341. The summed E-state index contributed by atoms with van der Waals surface area (Å²) in [6.45, 7) is 2.49. The second-order valence-electron chi connectivity index (χ2n) is 10.5. The number of nitrogens with zero attached hydrogens (tertiary/aromatic N) is 4. The molecule has 1 spiro atoms. The zero-order chi connectivity index (χ0) is 29.6. The SMILES string of the molecule is COc1ccc2nc(CC(=O)N3CC4(CCN(C(C)=O)C4)c4cc(S(=O)(=O)NCc5ccccc5F)ccc43)sc2n1. The van der Waals surface area contributed by atoms with Gasteiger partial charge in [0, 0.05) is 55.8 Å². The summed E-state index contributed by atoms with van der Waals surface area (Å²) in [6, 6.07) is 14.2. The summed E-state index contributed by atoms with van der Waals surface area (Å²) in [5.74, 6) is -0.301. The molecule has 2 amide bonds. The van der Waals surface area contributed by atoms with Gasteiger partial charge in [-0.1, -0.05) is 29.5 Å². The zero-order valence-corrected chi connectivity index (χ0v) is 24.6. The molecule has 1 atom stereocenters. The second kappa shape index (κ2) is 10.7. The zero-order valence-electron chi connectivity index (χ0n) is 23.0. The molecular weight excluding hydrogens is 581 g/mol. The van der Waals surface area contributed by atoms with E-state index in [1.54, 1.807) is 40.1 Å². The number of fused-ring (bicyclic) bond motifs is 3. The number of hydrogen-bond acceptors (Lipinski definition) is 8. The molecule has 4 heterocycles. The number of thiazole rings is 1. The van der Waals surface area contributed by atoms with E-state index >= 15 is 0 Å². The number of ether oxygens (including phenoxy) is 1. The molecule has 6 rings (SSSR count). The number of hydrogen-bond donors (Lipinski definition) is 1. The third-order valence-corrected chi connectivity index (χ3v) is 10.3. The second-order valence-corrected chi connectivity index (χ2v) is 13.3. The fourth-order valence-electron chi connectivity index (χ4n) is 5.69. The Morgan fingerprint density at radius 2 is 1.93 bits per heavy atom. The van der Waals surface area contributed by atoms with E-state index in [1.807, 2.05) is 0 Å². The van der Waals surface area contributed by atoms with Gasteiger partial charge in [-0.2, -0.15) is 0 Å². The molecule has 1 fully saturated rings. The van der Waals surface area contributed by atoms with Crippen LogP contribution >= 0.6 is 11.3 Å². The predicted molar refractivity (Wildman–Crippen MR) is 155 cm³/mol. The summed E-state index contributed by atoms with van der Waals surface area (Å²) in [6.07, 6.45) is 0.625. The van der Waals surface area contributed by atoms with Gasteiger partial charge in [-0.3, -0.25) is 9.59 Å². The van der Waals surface area contributed by atoms with E-state index in [1.165, 1.54) is 49.6 Å². The van der Waals surface area contributed by atoms with Gasteiger partial charge in [0.25, 0.3) is 0 Å². The summed E-state index contributed by atoms with van der Waals surface area (Å²) in [5.41, 5.74) is 1.60. The largest absolute Gasteiger partial charge is 0.481 e. The first-order valence-corrected chi connectivity index (χ1v) is 15.6. The normalized spacial score (nSPS) is 18.2. The molecule has 0 radical (unpaired) electrons. The van der Waals surface area contributed by atoms with E-state index in [0.717, 1.165) is 0 Å². The average Bonchev–Trinajstić information content (AvgIpc) is 3.67. The maximum atomic E-state index is 14.1. The lowest BCUT2D eigenvalue weighted by atomic mass is 9.81. The Balaban J connectivity index is 1.30. The van der Waals surface area contributed by atoms with Crippen molar-refractivity contribution < 1.29 is 27.1 Å². The maximum absolute atomic E-state index is 14.1. The van der Waals surface area contributed by atoms with Gasteiger partial charge in [0.2, 0.25) is 27.7 Å². The van der Waals surface area contributed by atoms with Crippen LogP contribution < -0.4 is 14.4 Å². The number of amides is 2. The lowest BCUT2D eigenvalue weighted by Gasteiger charge is -2.25. The summed E-state index contributed by atoms with van der Waals surface area (Å²) in [7, 11) is -2.47. The van der Waals surface area contributed by atoms with Crippen LogP contribution in [-0.2, 0) is 38.0 Å². The molecule has 1 N–H and O–H groups in total. The Hall–Kier alpha value is -3.94. The number of nitrogens with one attached hydrogen (secondary N) is 1. The molecule has 0 bridgehead atoms. The summed E-state index contributed by atoms with van der Waals surface area (Å²) < 4.78 is 48.3. The highest BCUT2D eigenvalue weighted by molar-refractivity contribution is 7.89. The van der Waals surface area contributed by atoms with Crippen molar-refractivity contribution in [3.8, 4) is 5.88 Å². The highest BCUT2D eigenvalue weighted by atomic mass is 32.2. The summed E-state index contributed by atoms with van der Waals surface area (Å²) in [5, 5.41) is 0.603. The van der Waals surface area contributed by atoms with E-state index in [-0.39, 0.29) is 35.2 Å². The number of methoxy groups -OCH3 is 1. The number of carbonyl (C=O) groups excluding carboxylic acids is 2. The molecule has 4 aromatic rings. The van der Waals surface area contributed by atoms with Crippen LogP contribution in [-0.4, -0.2) is 61.8 Å². The van der Waals surface area contributed by atoms with Crippen LogP contribution in [0.2, 0.25) is 0 Å². The summed E-state index contributed by atoms with van der Waals surface area (Å²) in [4.78, 5) is 39.0. The Morgan fingerprint density at radius 3 is 2.67 bits per heavy atom. The topological polar surface area (TPSA) is 122 Å². The molecule has 0 aliphatic carbocycles. The van der Waals surface area contributed by atoms with Crippen LogP contribution in [0.15, 0.2) is 59.5 Å². The molecule has 218 valence electrons. The predicted octanol–water partition coefficient (Wildman–Crippen LogP) is 3.40. The Morgan fingerprint density at radius 1 is 1.12 bits per heavy atom. The van der Waals surface area contributed by atoms with Crippen molar-refractivity contribution in [1.82, 2.24) is 19.6 Å². The fraction of sp³-hybridized carbons (Fsp3) is 0.310. The van der Waals surface area contributed by atoms with Gasteiger partial charge >= 0.3 is 0 Å². The van der Waals surface area contributed by atoms with Crippen molar-refractivity contribution in [3.05, 3.63) is 76.5 Å². The molecule has 42 heavy (non-hydrogen) atoms. The first-order chi connectivity index (χ1) is 20.1. The van der Waals surface area contributed by atoms with Gasteiger partial charge in [-0.25, -0.2) is 27.5 Å². The van der Waals surface area contributed by atoms with Gasteiger partial charge in [0.05, 0.1) is 18.4 Å². The highest BCUT2D eigenvalue weighted by Crippen LogP contribution is 2.47. The standard InChI is InChI=1S/C29H28FN5O5S2/c1-18(36)34-12-11-29(16-34)17-35(27(37)14-26-32-23-8-10-25(40-2)33-28(23)41-26)24-9-7-20(13-21(24)29)42(38,39)31-15-19-5-3-4-6-22(19)30/h3-10,13,31H,11-12,14-17H2,1-2H3. The van der Waals surface area contributed by atoms with Gasteiger partial charge in [-0.05, 0) is 42.3 Å². The molecule has 1 saturated heterocycles. The molecule has 2 aliphatic heterocycles. The van der Waals surface area contributed by atoms with Gasteiger partial charge in [0.1, 0.15) is 21.2 Å². The highest BCUT2D eigenvalue weighted by Gasteiger charge is 2.49. The van der Waals surface area contributed by atoms with E-state index in [4.69, 9.17) is 4.74 Å². The number of pyridine rings is 1. The molecular formula is C29H28FN5O5S2. The van der Waals surface area contributed by atoms with Gasteiger partial charge in [0.15, 0.2) is 0 Å². The molecule has 2 aromatic heterocycles. The minimum atomic E-state index is -4.01. The first kappa shape index (κ1) is 28.2. The van der Waals surface area contributed by atoms with Crippen molar-refractivity contribution in [2.45, 2.75) is 36.6 Å². The van der Waals surface area contributed by atoms with Crippen molar-refractivity contribution in [2.24, 2.45) is 0 Å². The molecule has 1 unspecified atom stereocenters. The molecule has 2 aromatic carbocycles. The molecule has 2 aliphatic rings. The van der Waals surface area contributed by atoms with Crippen LogP contribution in [0, 0.1) is 5.82 Å². The lowest BCUT2D eigenvalue weighted by molar-refractivity contribution is -0.127. The van der Waals surface area contributed by atoms with Gasteiger partial charge < -0.3 is 14.5 Å². The van der Waals surface area contributed by atoms with Gasteiger partial charge in [-0.15, -0.1) is 0 Å². The van der Waals surface area contributed by atoms with E-state index < -0.39 is 21.3 Å². The molecule has 10 nitrogen and oxygen atoms in total. The van der Waals surface area contributed by atoms with Crippen molar-refractivity contribution in [1.29, 1.82) is 0 Å². The van der Waals surface area contributed by atoms with Crippen LogP contribution in [0.25, 0.3) is 10.3 Å². The minimum absolute atomic E-state index is 0.0127. The van der Waals surface area contributed by atoms with Crippen LogP contribution in [0.3, 0.4) is 0 Å². The maximum Gasteiger partial charge on any atom is 0.240 e. The number of likely N-dealkylation sites (tertiary alicyclic amines) is 1. The Bertz CT molecular complexity index is 1830. The van der Waals surface area contributed by atoms with Crippen LogP contribution in [0.4, 0.5) is 10.1 Å². The van der Waals surface area contributed by atoms with Crippen LogP contribution in [0.1, 0.15) is 29.5 Å². The number of carbonyl (C=O) groups is 2. The molecule has 13 heteroatoms. The Labute approximate surface area is 246 Å². The molecule has 0 saturated carbocycles. The van der Waals surface area contributed by atoms with Crippen molar-refractivity contribution in [2.75, 3.05) is 31.6 Å². The number of anilines is 1. The Kier molecular flexibility index (Phi) is 7.19. The average molecular weight is 610 g/mol. The number of aromatic nitrogens is 2. The van der Waals surface area contributed by atoms with Crippen molar-refractivity contribution in [3.63, 3.8) is 0 Å². The van der Waals surface area contributed by atoms with Crippen LogP contribution in [0.5, 0.6) is 5.88 Å². The monoisotopic (exact) mass is 609 g/mol. The van der Waals surface area contributed by atoms with E-state index in [9.17, 15) is 22.4 Å². The minimum Gasteiger partial charge on any atom is -0.481 e. The van der Waals surface area contributed by atoms with E-state index in [0.29, 0.717) is 58.5 Å². The third-order valence-electron chi connectivity index (χ3n) is 7.90. The van der Waals surface area contributed by atoms with E-state index in [2.05, 4.69) is 14.7 Å². The van der Waals surface area contributed by atoms with Crippen molar-refractivity contribution >= 4 is 49.2 Å².